The molecule has 0 fully saturated rings. The van der Waals surface area contributed by atoms with Crippen LogP contribution >= 0.6 is 12.6 Å². The van der Waals surface area contributed by atoms with Crippen molar-refractivity contribution in [1.82, 2.24) is 5.32 Å². The number of thiol groups is 1. The average molecular weight is 768 g/mol. The fourth-order valence-corrected chi connectivity index (χ4v) is 7.38. The predicted molar refractivity (Wildman–Crippen MR) is 260 cm³/mol. The third-order valence-electron chi connectivity index (χ3n) is 9.71. The van der Waals surface area contributed by atoms with Gasteiger partial charge in [0, 0.05) is 10.9 Å². The molecule has 0 saturated heterocycles. The second-order valence-electron chi connectivity index (χ2n) is 13.1. The number of nitrogens with one attached hydrogen (secondary N) is 1. The first-order valence-electron chi connectivity index (χ1n) is 22.5. The summed E-state index contributed by atoms with van der Waals surface area (Å²) in [6.07, 6.45) is 14.1. The molecule has 0 radical (unpaired) electrons. The lowest BCUT2D eigenvalue weighted by molar-refractivity contribution is 0.202. The van der Waals surface area contributed by atoms with Crippen molar-refractivity contribution < 1.29 is 0 Å². The van der Waals surface area contributed by atoms with Crippen LogP contribution in [0.25, 0.3) is 5.57 Å². The third kappa shape index (κ3) is 23.1. The van der Waals surface area contributed by atoms with E-state index < -0.39 is 0 Å². The molecule has 0 amide bonds. The summed E-state index contributed by atoms with van der Waals surface area (Å²) in [6.45, 7) is 51.7. The Labute approximate surface area is 348 Å². The molecule has 1 aliphatic heterocycles. The van der Waals surface area contributed by atoms with Crippen LogP contribution in [0.1, 0.15) is 223 Å². The van der Waals surface area contributed by atoms with E-state index in [4.69, 9.17) is 0 Å². The van der Waals surface area contributed by atoms with E-state index in [2.05, 4.69) is 144 Å². The minimum Gasteiger partial charge on any atom is -0.310 e. The molecule has 1 heterocycles. The summed E-state index contributed by atoms with van der Waals surface area (Å²) in [4.78, 5) is 1.09. The van der Waals surface area contributed by atoms with Crippen molar-refractivity contribution in [2.24, 2.45) is 5.41 Å². The highest BCUT2D eigenvalue weighted by atomic mass is 32.1. The van der Waals surface area contributed by atoms with E-state index in [9.17, 15) is 0 Å². The van der Waals surface area contributed by atoms with Gasteiger partial charge in [0.25, 0.3) is 0 Å². The van der Waals surface area contributed by atoms with Gasteiger partial charge in [-0.25, -0.2) is 0 Å². The van der Waals surface area contributed by atoms with Gasteiger partial charge in [0.05, 0.1) is 0 Å². The first-order valence-corrected chi connectivity index (χ1v) is 22.9. The average Bonchev–Trinajstić information content (AvgIpc) is 3.19. The molecule has 0 aromatic heterocycles. The van der Waals surface area contributed by atoms with Crippen LogP contribution in [0, 0.1) is 19.3 Å². The van der Waals surface area contributed by atoms with Crippen LogP contribution in [0.4, 0.5) is 0 Å². The highest BCUT2D eigenvalue weighted by molar-refractivity contribution is 7.80. The van der Waals surface area contributed by atoms with E-state index in [1.807, 2.05) is 69.2 Å². The van der Waals surface area contributed by atoms with Gasteiger partial charge in [-0.2, -0.15) is 0 Å². The maximum atomic E-state index is 4.65. The molecule has 1 aliphatic rings. The van der Waals surface area contributed by atoms with E-state index in [-0.39, 0.29) is 0 Å². The Morgan fingerprint density at radius 3 is 1.63 bits per heavy atom. The topological polar surface area (TPSA) is 12.0 Å². The zero-order valence-electron chi connectivity index (χ0n) is 40.8. The summed E-state index contributed by atoms with van der Waals surface area (Å²) < 4.78 is 0. The second kappa shape index (κ2) is 39.2. The highest BCUT2D eigenvalue weighted by Crippen LogP contribution is 2.38. The smallest absolute Gasteiger partial charge is 0.0294 e. The van der Waals surface area contributed by atoms with Crippen molar-refractivity contribution in [1.29, 1.82) is 0 Å². The van der Waals surface area contributed by atoms with Gasteiger partial charge in [-0.3, -0.25) is 0 Å². The third-order valence-corrected chi connectivity index (χ3v) is 10.1. The van der Waals surface area contributed by atoms with Crippen LogP contribution in [0.2, 0.25) is 0 Å². The maximum Gasteiger partial charge on any atom is 0.0294 e. The van der Waals surface area contributed by atoms with Crippen molar-refractivity contribution in [3.8, 4) is 0 Å². The van der Waals surface area contributed by atoms with Crippen molar-refractivity contribution in [3.05, 3.63) is 93.1 Å². The molecule has 1 N–H and O–H groups in total. The number of benzene rings is 2. The fourth-order valence-electron chi connectivity index (χ4n) is 6.91. The molecule has 3 rings (SSSR count). The first-order chi connectivity index (χ1) is 25.8. The predicted octanol–water partition coefficient (Wildman–Crippen LogP) is 18.3. The minimum absolute atomic E-state index is 0.536. The summed E-state index contributed by atoms with van der Waals surface area (Å²) in [5.41, 5.74) is 13.9. The van der Waals surface area contributed by atoms with Crippen molar-refractivity contribution in [2.75, 3.05) is 6.54 Å². The summed E-state index contributed by atoms with van der Waals surface area (Å²) in [6, 6.07) is 11.8. The molecular formula is C52H97NS. The number of aryl methyl sites for hydroxylation is 2. The Morgan fingerprint density at radius 1 is 0.778 bits per heavy atom. The largest absolute Gasteiger partial charge is 0.310 e. The van der Waals surface area contributed by atoms with Crippen molar-refractivity contribution in [3.63, 3.8) is 0 Å². The Morgan fingerprint density at radius 2 is 1.26 bits per heavy atom. The summed E-state index contributed by atoms with van der Waals surface area (Å²) in [5.74, 6) is 0. The van der Waals surface area contributed by atoms with Crippen molar-refractivity contribution >= 4 is 18.2 Å². The van der Waals surface area contributed by atoms with E-state index in [1.54, 1.807) is 0 Å². The van der Waals surface area contributed by atoms with Crippen LogP contribution in [0.3, 0.4) is 0 Å². The molecule has 0 saturated carbocycles. The van der Waals surface area contributed by atoms with Gasteiger partial charge in [0.2, 0.25) is 0 Å². The number of hydrogen-bond donors (Lipinski definition) is 2. The molecule has 0 aliphatic carbocycles. The Kier molecular flexibility index (Phi) is 44.4. The summed E-state index contributed by atoms with van der Waals surface area (Å²) in [5, 5.41) is 3.47. The van der Waals surface area contributed by atoms with Crippen LogP contribution < -0.4 is 5.32 Å². The fraction of sp³-hybridized carbons (Fsp3) is 0.654. The normalized spacial score (nSPS) is 13.0. The molecule has 1 nitrogen and oxygen atoms in total. The first kappa shape index (κ1) is 61.2. The summed E-state index contributed by atoms with van der Waals surface area (Å²) in [7, 11) is 0. The van der Waals surface area contributed by atoms with Crippen LogP contribution in [-0.4, -0.2) is 6.54 Å². The van der Waals surface area contributed by atoms with Crippen LogP contribution in [-0.2, 0) is 12.8 Å². The maximum absolute atomic E-state index is 4.65. The van der Waals surface area contributed by atoms with Gasteiger partial charge in [-0.15, -0.1) is 12.6 Å². The van der Waals surface area contributed by atoms with Gasteiger partial charge < -0.3 is 5.32 Å². The van der Waals surface area contributed by atoms with Crippen LogP contribution in [0.15, 0.2) is 64.6 Å². The van der Waals surface area contributed by atoms with Gasteiger partial charge in [0.15, 0.2) is 0 Å². The molecule has 0 bridgehead atoms. The minimum atomic E-state index is 0.536. The SMILES string of the molecule is C=C(C)/C(C)=C(C)\C(=C/C)c1cc(C)c(CC)c(S)c1.CC.CC.CC.CC.CC.CCCC(CC)(CCC)CCC.Cc1ccc2c(c1)C(C)NCC2. The molecule has 2 aromatic carbocycles. The molecule has 316 valence electrons. The number of hydrogen-bond acceptors (Lipinski definition) is 2. The van der Waals surface area contributed by atoms with E-state index in [0.29, 0.717) is 11.5 Å². The van der Waals surface area contributed by atoms with E-state index >= 15 is 0 Å². The molecule has 54 heavy (non-hydrogen) atoms. The standard InChI is InChI=1S/C19H26S.C12H26.C11H15N.5C2H6/c1-8-17-13(5)10-16(11-19(17)20)18(9-2)15(7)14(6)12(3)4;1-5-9-12(8-4,10-6-2)11-7-3;1-8-3-4-10-5-6-12-9(2)11(10)7-8;5*1-2/h9-11,20H,3,8H2,1-2,4-7H3;5-11H2,1-4H3;3-4,7,9,12H,5-6H2,1-2H3;5*1-2H3/b15-14-,18-9+;;;;;;;. The molecule has 2 aromatic rings. The van der Waals surface area contributed by atoms with Gasteiger partial charge in [-0.05, 0) is 143 Å². The van der Waals surface area contributed by atoms with E-state index in [0.717, 1.165) is 23.4 Å². The van der Waals surface area contributed by atoms with Crippen molar-refractivity contribution in [2.45, 2.75) is 221 Å². The number of rotatable bonds is 11. The molecule has 1 unspecified atom stereocenters. The van der Waals surface area contributed by atoms with E-state index in [1.165, 1.54) is 101 Å². The Hall–Kier alpha value is -2.03. The second-order valence-corrected chi connectivity index (χ2v) is 13.6. The number of allylic oxidation sites excluding steroid dienone is 5. The number of fused-ring (bicyclic) bond motifs is 1. The van der Waals surface area contributed by atoms with Gasteiger partial charge >= 0.3 is 0 Å². The lowest BCUT2D eigenvalue weighted by Gasteiger charge is -2.32. The molecular weight excluding hydrogens is 671 g/mol. The quantitative estimate of drug-likeness (QED) is 0.171. The lowest BCUT2D eigenvalue weighted by atomic mass is 9.74. The lowest BCUT2D eigenvalue weighted by Crippen LogP contribution is -2.27. The molecule has 1 atom stereocenters. The summed E-state index contributed by atoms with van der Waals surface area (Å²) >= 11 is 4.65. The zero-order chi connectivity index (χ0) is 43.4. The molecule has 2 heteroatoms. The zero-order valence-corrected chi connectivity index (χ0v) is 41.7. The molecule has 0 spiro atoms. The Bertz CT molecular complexity index is 1200. The van der Waals surface area contributed by atoms with Gasteiger partial charge in [0.1, 0.15) is 0 Å². The van der Waals surface area contributed by atoms with Gasteiger partial charge in [-0.1, -0.05) is 178 Å². The highest BCUT2D eigenvalue weighted by Gasteiger charge is 2.24. The van der Waals surface area contributed by atoms with Crippen LogP contribution in [0.5, 0.6) is 0 Å². The monoisotopic (exact) mass is 768 g/mol. The Balaban J connectivity index is -0.000000205.